The van der Waals surface area contributed by atoms with Gasteiger partial charge in [0.05, 0.1) is 11.1 Å². The van der Waals surface area contributed by atoms with Gasteiger partial charge in [-0.05, 0) is 23.1 Å². The molecule has 25 heavy (non-hydrogen) atoms. The lowest BCUT2D eigenvalue weighted by molar-refractivity contribution is -0.394. The van der Waals surface area contributed by atoms with Crippen LogP contribution in [0, 0.1) is 15.2 Å². The minimum atomic E-state index is -0.712. The molecular weight excluding hydrogens is 355 g/mol. The normalized spacial score (nSPS) is 11.1. The lowest BCUT2D eigenvalue weighted by Gasteiger charge is -1.97. The molecule has 1 N–H and O–H groups in total. The number of hydrogen-bond acceptors (Lipinski definition) is 8. The van der Waals surface area contributed by atoms with Crippen LogP contribution < -0.4 is 5.43 Å². The first kappa shape index (κ1) is 16.4. The van der Waals surface area contributed by atoms with Gasteiger partial charge in [-0.3, -0.25) is 4.79 Å². The first-order valence-electron chi connectivity index (χ1n) is 6.67. The van der Waals surface area contributed by atoms with Gasteiger partial charge < -0.3 is 10.1 Å². The monoisotopic (exact) mass is 364 g/mol. The number of hydrazone groups is 1. The molecule has 0 saturated heterocycles. The summed E-state index contributed by atoms with van der Waals surface area (Å²) in [5.74, 6) is -1.08. The van der Waals surface area contributed by atoms with Crippen LogP contribution in [0.25, 0.3) is 0 Å². The molecule has 0 aromatic carbocycles. The number of rotatable bonds is 6. The van der Waals surface area contributed by atoms with Crippen molar-refractivity contribution in [2.45, 2.75) is 6.67 Å². The maximum absolute atomic E-state index is 12.8. The molecule has 0 aliphatic rings. The number of amides is 1. The molecule has 0 radical (unpaired) electrons. The van der Waals surface area contributed by atoms with Crippen LogP contribution in [0.4, 0.5) is 10.3 Å². The third-order valence-corrected chi connectivity index (χ3v) is 3.61. The zero-order valence-corrected chi connectivity index (χ0v) is 13.1. The summed E-state index contributed by atoms with van der Waals surface area (Å²) in [7, 11) is 0. The van der Waals surface area contributed by atoms with Crippen molar-refractivity contribution in [3.05, 3.63) is 56.5 Å². The quantitative estimate of drug-likeness (QED) is 0.392. The van der Waals surface area contributed by atoms with Crippen molar-refractivity contribution in [1.82, 2.24) is 30.0 Å². The van der Waals surface area contributed by atoms with Gasteiger partial charge in [0, 0.05) is 11.3 Å². The number of nitro groups is 1. The molecule has 0 unspecified atom stereocenters. The van der Waals surface area contributed by atoms with Crippen LogP contribution in [-0.2, 0) is 6.67 Å². The van der Waals surface area contributed by atoms with E-state index < -0.39 is 16.8 Å². The van der Waals surface area contributed by atoms with E-state index in [2.05, 4.69) is 25.7 Å². The molecule has 0 spiro atoms. The number of hydrogen-bond donors (Lipinski definition) is 1. The standard InChI is InChI=1S/C12H9FN8O3S/c13-10-2-1-8(25-10)5-15-16-11(22)9-3-4-19(17-9)7-20-6-14-12(18-20)21(23)24/h1-6H,7H2,(H,16,22)/b15-5+. The van der Waals surface area contributed by atoms with Crippen LogP contribution in [0.5, 0.6) is 0 Å². The Labute approximate surface area is 142 Å². The Morgan fingerprint density at radius 1 is 1.40 bits per heavy atom. The summed E-state index contributed by atoms with van der Waals surface area (Å²) in [4.78, 5) is 25.8. The third-order valence-electron chi connectivity index (χ3n) is 2.80. The molecule has 3 rings (SSSR count). The number of carbonyl (C=O) groups excluding carboxylic acids is 1. The van der Waals surface area contributed by atoms with E-state index in [9.17, 15) is 19.3 Å². The summed E-state index contributed by atoms with van der Waals surface area (Å²) in [6.45, 7) is 0.0475. The predicted molar refractivity (Wildman–Crippen MR) is 83.6 cm³/mol. The highest BCUT2D eigenvalue weighted by atomic mass is 32.1. The van der Waals surface area contributed by atoms with Gasteiger partial charge >= 0.3 is 5.95 Å². The summed E-state index contributed by atoms with van der Waals surface area (Å²) in [6, 6.07) is 4.27. The molecule has 3 heterocycles. The summed E-state index contributed by atoms with van der Waals surface area (Å²) in [6.07, 6.45) is 4.00. The lowest BCUT2D eigenvalue weighted by atomic mass is 10.4. The Bertz CT molecular complexity index is 946. The van der Waals surface area contributed by atoms with Crippen LogP contribution in [-0.4, -0.2) is 41.6 Å². The van der Waals surface area contributed by atoms with Crippen molar-refractivity contribution in [1.29, 1.82) is 0 Å². The number of aromatic nitrogens is 5. The third kappa shape index (κ3) is 4.08. The Morgan fingerprint density at radius 3 is 2.92 bits per heavy atom. The number of nitrogens with one attached hydrogen (secondary N) is 1. The van der Waals surface area contributed by atoms with E-state index in [0.717, 1.165) is 11.3 Å². The highest BCUT2D eigenvalue weighted by Crippen LogP contribution is 2.11. The molecule has 11 nitrogen and oxygen atoms in total. The van der Waals surface area contributed by atoms with Crippen LogP contribution in [0.3, 0.4) is 0 Å². The van der Waals surface area contributed by atoms with Crippen molar-refractivity contribution in [3.8, 4) is 0 Å². The van der Waals surface area contributed by atoms with Gasteiger partial charge in [-0.15, -0.1) is 11.3 Å². The van der Waals surface area contributed by atoms with Gasteiger partial charge in [-0.2, -0.15) is 19.3 Å². The van der Waals surface area contributed by atoms with Crippen molar-refractivity contribution in [3.63, 3.8) is 0 Å². The van der Waals surface area contributed by atoms with E-state index in [4.69, 9.17) is 0 Å². The van der Waals surface area contributed by atoms with Crippen LogP contribution >= 0.6 is 11.3 Å². The molecule has 0 atom stereocenters. The smallest absolute Gasteiger partial charge is 0.390 e. The molecule has 3 aromatic heterocycles. The summed E-state index contributed by atoms with van der Waals surface area (Å²) in [5, 5.41) is 21.5. The van der Waals surface area contributed by atoms with Crippen molar-refractivity contribution in [2.75, 3.05) is 0 Å². The van der Waals surface area contributed by atoms with Crippen molar-refractivity contribution in [2.24, 2.45) is 5.10 Å². The average Bonchev–Trinajstić information content (AvgIpc) is 3.29. The molecule has 0 fully saturated rings. The molecule has 0 aliphatic heterocycles. The van der Waals surface area contributed by atoms with E-state index in [0.29, 0.717) is 4.88 Å². The SMILES string of the molecule is O=C(N/N=C/c1ccc(F)s1)c1ccn(Cn2cnc([N+](=O)[O-])n2)n1. The van der Waals surface area contributed by atoms with E-state index in [1.165, 1.54) is 46.3 Å². The molecular formula is C12H9FN8O3S. The second kappa shape index (κ2) is 6.96. The second-order valence-electron chi connectivity index (χ2n) is 4.56. The minimum Gasteiger partial charge on any atom is -0.390 e. The highest BCUT2D eigenvalue weighted by molar-refractivity contribution is 7.12. The number of thiophene rings is 1. The van der Waals surface area contributed by atoms with Crippen LogP contribution in [0.15, 0.2) is 35.8 Å². The Kier molecular flexibility index (Phi) is 4.56. The lowest BCUT2D eigenvalue weighted by Crippen LogP contribution is -2.19. The summed E-state index contributed by atoms with van der Waals surface area (Å²) in [5.41, 5.74) is 2.35. The van der Waals surface area contributed by atoms with Crippen LogP contribution in [0.1, 0.15) is 15.4 Å². The second-order valence-corrected chi connectivity index (χ2v) is 5.63. The predicted octanol–water partition coefficient (Wildman–Crippen LogP) is 0.853. The molecule has 3 aromatic rings. The fourth-order valence-corrected chi connectivity index (χ4v) is 2.36. The molecule has 0 aliphatic carbocycles. The number of carbonyl (C=O) groups is 1. The fourth-order valence-electron chi connectivity index (χ4n) is 1.76. The highest BCUT2D eigenvalue weighted by Gasteiger charge is 2.14. The van der Waals surface area contributed by atoms with E-state index in [1.807, 2.05) is 0 Å². The van der Waals surface area contributed by atoms with Gasteiger partial charge in [-0.25, -0.2) is 10.1 Å². The number of halogens is 1. The van der Waals surface area contributed by atoms with Crippen molar-refractivity contribution >= 4 is 29.4 Å². The first-order valence-corrected chi connectivity index (χ1v) is 7.49. The van der Waals surface area contributed by atoms with Gasteiger partial charge in [0.1, 0.15) is 0 Å². The Balaban J connectivity index is 1.59. The molecule has 128 valence electrons. The molecule has 0 bridgehead atoms. The molecule has 13 heteroatoms. The van der Waals surface area contributed by atoms with E-state index in [-0.39, 0.29) is 17.5 Å². The average molecular weight is 364 g/mol. The first-order chi connectivity index (χ1) is 12.0. The van der Waals surface area contributed by atoms with Crippen molar-refractivity contribution < 1.29 is 14.1 Å². The molecule has 1 amide bonds. The maximum Gasteiger partial charge on any atom is 0.491 e. The Hall–Kier alpha value is -3.48. The Morgan fingerprint density at radius 2 is 2.24 bits per heavy atom. The molecule has 0 saturated carbocycles. The van der Waals surface area contributed by atoms with E-state index in [1.54, 1.807) is 0 Å². The zero-order valence-electron chi connectivity index (χ0n) is 12.3. The van der Waals surface area contributed by atoms with Gasteiger partial charge in [0.2, 0.25) is 6.33 Å². The zero-order chi connectivity index (χ0) is 17.8. The van der Waals surface area contributed by atoms with Crippen LogP contribution in [0.2, 0.25) is 0 Å². The minimum absolute atomic E-state index is 0.0475. The van der Waals surface area contributed by atoms with E-state index >= 15 is 0 Å². The summed E-state index contributed by atoms with van der Waals surface area (Å²) >= 11 is 0.894. The maximum atomic E-state index is 12.8. The summed E-state index contributed by atoms with van der Waals surface area (Å²) < 4.78 is 15.4. The van der Waals surface area contributed by atoms with Gasteiger partial charge in [0.15, 0.2) is 17.5 Å². The largest absolute Gasteiger partial charge is 0.491 e. The number of nitrogens with zero attached hydrogens (tertiary/aromatic N) is 7. The fraction of sp³-hybridized carbons (Fsp3) is 0.0833. The topological polar surface area (TPSA) is 133 Å². The van der Waals surface area contributed by atoms with Gasteiger partial charge in [0.25, 0.3) is 5.91 Å². The van der Waals surface area contributed by atoms with Gasteiger partial charge in [-0.1, -0.05) is 4.98 Å².